The Balaban J connectivity index is 1.88. The molecule has 146 valence electrons. The maximum Gasteiger partial charge on any atom is 0.288 e. The van der Waals surface area contributed by atoms with E-state index in [1.165, 1.54) is 5.56 Å². The number of carbonyl (C=O) groups excluding carboxylic acids is 1. The van der Waals surface area contributed by atoms with Gasteiger partial charge >= 0.3 is 0 Å². The maximum absolute atomic E-state index is 12.1. The number of nitrogens with one attached hydrogen (secondary N) is 2. The quantitative estimate of drug-likeness (QED) is 0.629. The lowest BCUT2D eigenvalue weighted by molar-refractivity contribution is 0.0952. The van der Waals surface area contributed by atoms with Crippen molar-refractivity contribution in [1.82, 2.24) is 25.5 Å². The van der Waals surface area contributed by atoms with Crippen molar-refractivity contribution in [2.45, 2.75) is 26.7 Å². The molecule has 0 fully saturated rings. The zero-order chi connectivity index (χ0) is 19.9. The lowest BCUT2D eigenvalue weighted by atomic mass is 10.1. The predicted octanol–water partition coefficient (Wildman–Crippen LogP) is 2.47. The fourth-order valence-electron chi connectivity index (χ4n) is 3.05. The Kier molecular flexibility index (Phi) is 6.37. The first-order valence-electron chi connectivity index (χ1n) is 9.42. The zero-order valence-electron chi connectivity index (χ0n) is 16.6. The summed E-state index contributed by atoms with van der Waals surface area (Å²) in [4.78, 5) is 23.3. The number of aryl methyl sites for hydroxylation is 1. The second-order valence-corrected chi connectivity index (χ2v) is 6.74. The monoisotopic (exact) mass is 378 g/mol. The molecule has 0 aliphatic heterocycles. The van der Waals surface area contributed by atoms with E-state index in [-0.39, 0.29) is 11.7 Å². The number of hydrogen-bond donors (Lipinski definition) is 2. The highest BCUT2D eigenvalue weighted by Crippen LogP contribution is 2.21. The molecule has 7 heteroatoms. The van der Waals surface area contributed by atoms with Crippen LogP contribution in [0.2, 0.25) is 0 Å². The third-order valence-corrected chi connectivity index (χ3v) is 4.83. The van der Waals surface area contributed by atoms with Gasteiger partial charge in [-0.3, -0.25) is 9.89 Å². The van der Waals surface area contributed by atoms with Gasteiger partial charge in [-0.25, -0.2) is 9.97 Å². The van der Waals surface area contributed by atoms with E-state index >= 15 is 0 Å². The summed E-state index contributed by atoms with van der Waals surface area (Å²) in [6, 6.07) is 10.4. The number of anilines is 1. The summed E-state index contributed by atoms with van der Waals surface area (Å²) < 4.78 is 0. The van der Waals surface area contributed by atoms with E-state index in [1.807, 2.05) is 32.3 Å². The van der Waals surface area contributed by atoms with Crippen molar-refractivity contribution in [2.24, 2.45) is 0 Å². The molecule has 2 N–H and O–H groups in total. The van der Waals surface area contributed by atoms with Crippen LogP contribution >= 0.6 is 0 Å². The average molecular weight is 378 g/mol. The summed E-state index contributed by atoms with van der Waals surface area (Å²) in [5, 5.41) is 9.49. The Labute approximate surface area is 165 Å². The van der Waals surface area contributed by atoms with Crippen LogP contribution in [0.15, 0.2) is 42.7 Å². The van der Waals surface area contributed by atoms with Crippen LogP contribution in [0.3, 0.4) is 0 Å². The third-order valence-electron chi connectivity index (χ3n) is 4.83. The minimum absolute atomic E-state index is 0.202. The number of carbonyl (C=O) groups is 1. The highest BCUT2D eigenvalue weighted by molar-refractivity contribution is 5.90. The molecule has 0 aliphatic carbocycles. The van der Waals surface area contributed by atoms with E-state index in [1.54, 1.807) is 7.05 Å². The Morgan fingerprint density at radius 3 is 2.43 bits per heavy atom. The molecule has 0 aliphatic rings. The highest BCUT2D eigenvalue weighted by Gasteiger charge is 2.18. The molecular formula is C21H26N6O. The van der Waals surface area contributed by atoms with Crippen molar-refractivity contribution in [3.63, 3.8) is 0 Å². The van der Waals surface area contributed by atoms with Gasteiger partial charge in [0.1, 0.15) is 5.82 Å². The fourth-order valence-corrected chi connectivity index (χ4v) is 3.05. The van der Waals surface area contributed by atoms with Crippen LogP contribution in [0.5, 0.6) is 0 Å². The standard InChI is InChI=1S/C21H26N6O/c1-15-16(2)25-19(21(28)22-3)26-20(15)27(12-10-18-13-23-24-14-18)11-9-17-7-5-4-6-8-17/h4-8,13-14H,9-12H2,1-3H3,(H,22,28)(H,23,24). The van der Waals surface area contributed by atoms with Gasteiger partial charge in [0.15, 0.2) is 0 Å². The molecule has 0 bridgehead atoms. The molecule has 2 heterocycles. The number of amides is 1. The molecule has 3 aromatic rings. The number of aromatic amines is 1. The molecule has 1 amide bonds. The van der Waals surface area contributed by atoms with Crippen LogP contribution in [0.25, 0.3) is 0 Å². The topological polar surface area (TPSA) is 86.8 Å². The molecule has 0 spiro atoms. The molecule has 7 nitrogen and oxygen atoms in total. The van der Waals surface area contributed by atoms with Crippen molar-refractivity contribution in [3.8, 4) is 0 Å². The minimum Gasteiger partial charge on any atom is -0.356 e. The SMILES string of the molecule is CNC(=O)c1nc(C)c(C)c(N(CCc2ccccc2)CCc2cn[nH]c2)n1. The normalized spacial score (nSPS) is 10.7. The minimum atomic E-state index is -0.276. The molecule has 28 heavy (non-hydrogen) atoms. The zero-order valence-corrected chi connectivity index (χ0v) is 16.6. The van der Waals surface area contributed by atoms with Gasteiger partial charge in [0.05, 0.1) is 6.20 Å². The molecule has 0 unspecified atom stereocenters. The number of rotatable bonds is 8. The third kappa shape index (κ3) is 4.73. The second kappa shape index (κ2) is 9.12. The van der Waals surface area contributed by atoms with E-state index in [0.29, 0.717) is 0 Å². The second-order valence-electron chi connectivity index (χ2n) is 6.74. The van der Waals surface area contributed by atoms with Gasteiger partial charge in [0.25, 0.3) is 5.91 Å². The summed E-state index contributed by atoms with van der Waals surface area (Å²) in [5.74, 6) is 0.737. The smallest absolute Gasteiger partial charge is 0.288 e. The number of H-pyrrole nitrogens is 1. The van der Waals surface area contributed by atoms with Gasteiger partial charge in [-0.05, 0) is 37.8 Å². The van der Waals surface area contributed by atoms with Crippen LogP contribution < -0.4 is 10.2 Å². The maximum atomic E-state index is 12.1. The lowest BCUT2D eigenvalue weighted by Gasteiger charge is -2.26. The van der Waals surface area contributed by atoms with Crippen molar-refractivity contribution >= 4 is 11.7 Å². The van der Waals surface area contributed by atoms with Crippen molar-refractivity contribution in [2.75, 3.05) is 25.0 Å². The van der Waals surface area contributed by atoms with Gasteiger partial charge in [-0.1, -0.05) is 30.3 Å². The van der Waals surface area contributed by atoms with E-state index in [2.05, 4.69) is 54.6 Å². The molecule has 0 saturated carbocycles. The van der Waals surface area contributed by atoms with Gasteiger partial charge in [-0.15, -0.1) is 0 Å². The Morgan fingerprint density at radius 2 is 1.79 bits per heavy atom. The molecule has 0 radical (unpaired) electrons. The molecule has 1 aromatic carbocycles. The van der Waals surface area contributed by atoms with Crippen LogP contribution in [0.4, 0.5) is 5.82 Å². The van der Waals surface area contributed by atoms with Crippen molar-refractivity contribution in [3.05, 3.63) is 70.9 Å². The summed E-state index contributed by atoms with van der Waals surface area (Å²) in [6.45, 7) is 5.49. The van der Waals surface area contributed by atoms with Gasteiger partial charge in [0, 0.05) is 37.6 Å². The Bertz CT molecular complexity index is 908. The molecule has 0 saturated heterocycles. The average Bonchev–Trinajstić information content (AvgIpc) is 3.24. The number of benzene rings is 1. The molecular weight excluding hydrogens is 352 g/mol. The molecule has 0 atom stereocenters. The largest absolute Gasteiger partial charge is 0.356 e. The van der Waals surface area contributed by atoms with Crippen LogP contribution in [0.1, 0.15) is 33.0 Å². The van der Waals surface area contributed by atoms with Crippen LogP contribution in [-0.2, 0) is 12.8 Å². The number of nitrogens with zero attached hydrogens (tertiary/aromatic N) is 4. The first kappa shape index (κ1) is 19.5. The fraction of sp³-hybridized carbons (Fsp3) is 0.333. The lowest BCUT2D eigenvalue weighted by Crippen LogP contribution is -2.31. The van der Waals surface area contributed by atoms with E-state index in [0.717, 1.165) is 48.6 Å². The molecule has 3 rings (SSSR count). The highest BCUT2D eigenvalue weighted by atomic mass is 16.2. The van der Waals surface area contributed by atoms with Crippen molar-refractivity contribution in [1.29, 1.82) is 0 Å². The summed E-state index contributed by atoms with van der Waals surface area (Å²) in [7, 11) is 1.59. The van der Waals surface area contributed by atoms with E-state index in [9.17, 15) is 4.79 Å². The Morgan fingerprint density at radius 1 is 1.07 bits per heavy atom. The van der Waals surface area contributed by atoms with Crippen LogP contribution in [-0.4, -0.2) is 46.2 Å². The van der Waals surface area contributed by atoms with E-state index < -0.39 is 0 Å². The Hall–Kier alpha value is -3.22. The van der Waals surface area contributed by atoms with Gasteiger partial charge in [-0.2, -0.15) is 5.10 Å². The van der Waals surface area contributed by atoms with E-state index in [4.69, 9.17) is 0 Å². The molecule has 2 aromatic heterocycles. The first-order valence-corrected chi connectivity index (χ1v) is 9.42. The number of hydrogen-bond acceptors (Lipinski definition) is 5. The summed E-state index contributed by atoms with van der Waals surface area (Å²) in [5.41, 5.74) is 4.22. The number of aromatic nitrogens is 4. The van der Waals surface area contributed by atoms with Gasteiger partial charge in [0.2, 0.25) is 5.82 Å². The van der Waals surface area contributed by atoms with Gasteiger partial charge < -0.3 is 10.2 Å². The van der Waals surface area contributed by atoms with Crippen molar-refractivity contribution < 1.29 is 4.79 Å². The summed E-state index contributed by atoms with van der Waals surface area (Å²) in [6.07, 6.45) is 5.47. The van der Waals surface area contributed by atoms with Crippen LogP contribution in [0, 0.1) is 13.8 Å². The predicted molar refractivity (Wildman–Crippen MR) is 110 cm³/mol. The first-order chi connectivity index (χ1) is 13.6. The summed E-state index contributed by atoms with van der Waals surface area (Å²) >= 11 is 0.